The molecule has 1 fully saturated rings. The largest absolute Gasteiger partial charge is 0.493 e. The van der Waals surface area contributed by atoms with Crippen LogP contribution in [0.3, 0.4) is 0 Å². The van der Waals surface area contributed by atoms with Crippen molar-refractivity contribution >= 4 is 23.4 Å². The molecule has 0 spiro atoms. The van der Waals surface area contributed by atoms with E-state index < -0.39 is 11.2 Å². The zero-order valence-electron chi connectivity index (χ0n) is 21.4. The number of para-hydroxylation sites is 1. The monoisotopic (exact) mass is 538 g/mol. The van der Waals surface area contributed by atoms with Crippen molar-refractivity contribution in [2.45, 2.75) is 25.8 Å². The average Bonchev–Trinajstić information content (AvgIpc) is 2.92. The van der Waals surface area contributed by atoms with E-state index in [4.69, 9.17) is 21.1 Å². The highest BCUT2D eigenvalue weighted by Gasteiger charge is 2.40. The number of hydrogen-bond acceptors (Lipinski definition) is 4. The van der Waals surface area contributed by atoms with Gasteiger partial charge in [0.25, 0.3) is 5.91 Å². The number of carbonyl (C=O) groups is 2. The summed E-state index contributed by atoms with van der Waals surface area (Å²) in [6.07, 6.45) is 1.64. The number of piperidine rings is 1. The van der Waals surface area contributed by atoms with Gasteiger partial charge in [-0.2, -0.15) is 0 Å². The smallest absolute Gasteiger partial charge is 0.260 e. The Morgan fingerprint density at radius 3 is 2.55 bits per heavy atom. The number of benzene rings is 3. The number of carbonyl (C=O) groups excluding carboxylic acids is 2. The lowest BCUT2D eigenvalue weighted by molar-refractivity contribution is -0.142. The maximum absolute atomic E-state index is 14.0. The molecule has 1 aliphatic heterocycles. The Hall–Kier alpha value is -3.58. The van der Waals surface area contributed by atoms with Gasteiger partial charge in [0, 0.05) is 43.5 Å². The third kappa shape index (κ3) is 7.48. The van der Waals surface area contributed by atoms with E-state index in [1.165, 1.54) is 12.1 Å². The van der Waals surface area contributed by atoms with Crippen LogP contribution >= 0.6 is 11.6 Å². The fourth-order valence-corrected chi connectivity index (χ4v) is 4.90. The van der Waals surface area contributed by atoms with Crippen LogP contribution in [0.25, 0.3) is 0 Å². The fourth-order valence-electron chi connectivity index (χ4n) is 4.72. The molecule has 1 heterocycles. The molecule has 0 bridgehead atoms. The molecular weight excluding hydrogens is 507 g/mol. The summed E-state index contributed by atoms with van der Waals surface area (Å²) >= 11 is 6.13. The minimum Gasteiger partial charge on any atom is -0.493 e. The second-order valence-corrected chi connectivity index (χ2v) is 10.2. The highest BCUT2D eigenvalue weighted by atomic mass is 35.5. The van der Waals surface area contributed by atoms with Gasteiger partial charge < -0.3 is 19.3 Å². The summed E-state index contributed by atoms with van der Waals surface area (Å²) in [5, 5.41) is 0.556. The minimum absolute atomic E-state index is 0.0274. The van der Waals surface area contributed by atoms with E-state index >= 15 is 0 Å². The Labute approximate surface area is 227 Å². The van der Waals surface area contributed by atoms with Gasteiger partial charge in [-0.1, -0.05) is 60.1 Å². The molecule has 1 saturated heterocycles. The van der Waals surface area contributed by atoms with Crippen molar-refractivity contribution in [3.8, 4) is 11.5 Å². The molecule has 200 valence electrons. The molecule has 0 N–H and O–H groups in total. The van der Waals surface area contributed by atoms with Gasteiger partial charge >= 0.3 is 0 Å². The van der Waals surface area contributed by atoms with E-state index in [2.05, 4.69) is 0 Å². The van der Waals surface area contributed by atoms with Crippen molar-refractivity contribution in [2.24, 2.45) is 5.41 Å². The second kappa shape index (κ2) is 12.8. The van der Waals surface area contributed by atoms with Crippen LogP contribution in [0.5, 0.6) is 11.5 Å². The number of ether oxygens (including phenoxy) is 2. The number of amides is 2. The highest BCUT2D eigenvalue weighted by molar-refractivity contribution is 6.30. The number of hydrogen-bond donors (Lipinski definition) is 0. The van der Waals surface area contributed by atoms with Gasteiger partial charge in [-0.3, -0.25) is 9.59 Å². The van der Waals surface area contributed by atoms with Gasteiger partial charge in [0.1, 0.15) is 5.75 Å². The fraction of sp³-hybridized carbons (Fsp3) is 0.333. The van der Waals surface area contributed by atoms with Gasteiger partial charge in [0.05, 0.1) is 6.61 Å². The highest BCUT2D eigenvalue weighted by Crippen LogP contribution is 2.36. The first-order chi connectivity index (χ1) is 18.3. The molecule has 3 aromatic carbocycles. The third-order valence-electron chi connectivity index (χ3n) is 6.76. The first-order valence-electron chi connectivity index (χ1n) is 12.6. The van der Waals surface area contributed by atoms with E-state index in [9.17, 15) is 14.0 Å². The number of rotatable bonds is 10. The molecule has 0 unspecified atom stereocenters. The lowest BCUT2D eigenvalue weighted by atomic mass is 9.77. The summed E-state index contributed by atoms with van der Waals surface area (Å²) in [7, 11) is 1.79. The number of likely N-dealkylation sites (tertiary alicyclic amines) is 1. The molecular formula is C30H32ClFN2O4. The molecule has 0 saturated carbocycles. The molecule has 4 rings (SSSR count). The van der Waals surface area contributed by atoms with Crippen LogP contribution in [0.15, 0.2) is 78.9 Å². The van der Waals surface area contributed by atoms with Crippen LogP contribution in [0, 0.1) is 11.2 Å². The van der Waals surface area contributed by atoms with Gasteiger partial charge in [-0.25, -0.2) is 4.39 Å². The quantitative estimate of drug-likeness (QED) is 0.337. The summed E-state index contributed by atoms with van der Waals surface area (Å²) in [4.78, 5) is 29.9. The van der Waals surface area contributed by atoms with Gasteiger partial charge in [-0.15, -0.1) is 0 Å². The summed E-state index contributed by atoms with van der Waals surface area (Å²) in [6, 6.07) is 22.9. The van der Waals surface area contributed by atoms with Crippen molar-refractivity contribution in [2.75, 3.05) is 33.4 Å². The van der Waals surface area contributed by atoms with Crippen molar-refractivity contribution in [1.82, 2.24) is 9.80 Å². The van der Waals surface area contributed by atoms with Gasteiger partial charge in [0.2, 0.25) is 5.91 Å². The van der Waals surface area contributed by atoms with Crippen LogP contribution in [-0.2, 0) is 16.1 Å². The van der Waals surface area contributed by atoms with E-state index in [0.29, 0.717) is 36.8 Å². The van der Waals surface area contributed by atoms with Crippen LogP contribution in [0.2, 0.25) is 5.02 Å². The van der Waals surface area contributed by atoms with Gasteiger partial charge in [-0.05, 0) is 48.7 Å². The summed E-state index contributed by atoms with van der Waals surface area (Å²) < 4.78 is 25.5. The zero-order valence-corrected chi connectivity index (χ0v) is 22.2. The lowest BCUT2D eigenvalue weighted by Gasteiger charge is -2.42. The minimum atomic E-state index is -0.601. The normalized spacial score (nSPS) is 17.1. The molecule has 2 amide bonds. The molecule has 0 radical (unpaired) electrons. The molecule has 8 heteroatoms. The standard InChI is InChI=1S/C30H32ClFN2O4/c1-33(19-23-9-3-2-4-10-23)28(35)18-30(22-38-25-12-7-11-24(31)17-25)15-8-16-34(21-30)29(36)20-37-27-14-6-5-13-26(27)32/h2-7,9-14,17H,8,15-16,18-22H2,1H3/t30-/m0/s1. The lowest BCUT2D eigenvalue weighted by Crippen LogP contribution is -2.51. The Balaban J connectivity index is 1.46. The van der Waals surface area contributed by atoms with Crippen molar-refractivity contribution in [3.05, 3.63) is 95.3 Å². The molecule has 3 aromatic rings. The molecule has 0 aromatic heterocycles. The molecule has 6 nitrogen and oxygen atoms in total. The first-order valence-corrected chi connectivity index (χ1v) is 13.0. The number of halogens is 2. The van der Waals surface area contributed by atoms with Crippen molar-refractivity contribution in [1.29, 1.82) is 0 Å². The van der Waals surface area contributed by atoms with E-state index in [0.717, 1.165) is 12.0 Å². The van der Waals surface area contributed by atoms with Gasteiger partial charge in [0.15, 0.2) is 18.2 Å². The summed E-state index contributed by atoms with van der Waals surface area (Å²) in [5.74, 6) is -0.166. The molecule has 38 heavy (non-hydrogen) atoms. The average molecular weight is 539 g/mol. The Morgan fingerprint density at radius 1 is 1.03 bits per heavy atom. The Bertz CT molecular complexity index is 1240. The van der Waals surface area contributed by atoms with E-state index in [1.54, 1.807) is 47.2 Å². The SMILES string of the molecule is CN(Cc1ccccc1)C(=O)C[C@@]1(COc2cccc(Cl)c2)CCCN(C(=O)COc2ccccc2F)C1. The molecule has 1 atom stereocenters. The summed E-state index contributed by atoms with van der Waals surface area (Å²) in [5.41, 5.74) is 0.439. The van der Waals surface area contributed by atoms with Crippen LogP contribution in [0.1, 0.15) is 24.8 Å². The van der Waals surface area contributed by atoms with Crippen LogP contribution in [-0.4, -0.2) is 55.0 Å². The number of nitrogens with zero attached hydrogens (tertiary/aromatic N) is 2. The second-order valence-electron chi connectivity index (χ2n) is 9.80. The molecule has 1 aliphatic rings. The predicted molar refractivity (Wildman–Crippen MR) is 145 cm³/mol. The third-order valence-corrected chi connectivity index (χ3v) is 6.99. The predicted octanol–water partition coefficient (Wildman–Crippen LogP) is 5.59. The molecule has 0 aliphatic carbocycles. The Kier molecular flexibility index (Phi) is 9.24. The Morgan fingerprint density at radius 2 is 1.79 bits per heavy atom. The van der Waals surface area contributed by atoms with Crippen LogP contribution in [0.4, 0.5) is 4.39 Å². The van der Waals surface area contributed by atoms with Crippen LogP contribution < -0.4 is 9.47 Å². The topological polar surface area (TPSA) is 59.1 Å². The zero-order chi connectivity index (χ0) is 27.0. The first kappa shape index (κ1) is 27.5. The van der Waals surface area contributed by atoms with E-state index in [1.807, 2.05) is 36.4 Å². The van der Waals surface area contributed by atoms with Crippen molar-refractivity contribution in [3.63, 3.8) is 0 Å². The van der Waals surface area contributed by atoms with Crippen molar-refractivity contribution < 1.29 is 23.5 Å². The summed E-state index contributed by atoms with van der Waals surface area (Å²) in [6.45, 7) is 1.32. The van der Waals surface area contributed by atoms with E-state index in [-0.39, 0.29) is 37.2 Å². The maximum Gasteiger partial charge on any atom is 0.260 e. The maximum atomic E-state index is 14.0.